The third-order valence-corrected chi connectivity index (χ3v) is 2.63. The van der Waals surface area contributed by atoms with E-state index in [1.165, 1.54) is 0 Å². The molecule has 8 heteroatoms. The molecule has 19 heavy (non-hydrogen) atoms. The molecule has 2 aromatic heterocycles. The Labute approximate surface area is 109 Å². The van der Waals surface area contributed by atoms with Gasteiger partial charge in [0.2, 0.25) is 11.8 Å². The molecule has 0 N–H and O–H groups in total. The van der Waals surface area contributed by atoms with Crippen molar-refractivity contribution in [3.63, 3.8) is 0 Å². The van der Waals surface area contributed by atoms with Gasteiger partial charge >= 0.3 is 5.97 Å². The molecule has 0 amide bonds. The third-order valence-electron chi connectivity index (χ3n) is 2.63. The van der Waals surface area contributed by atoms with Gasteiger partial charge in [-0.3, -0.25) is 4.79 Å². The Morgan fingerprint density at radius 2 is 1.63 bits per heavy atom. The summed E-state index contributed by atoms with van der Waals surface area (Å²) in [6.45, 7) is 6.76. The second-order valence-electron chi connectivity index (χ2n) is 4.12. The highest BCUT2D eigenvalue weighted by atomic mass is 16.5. The topological polar surface area (TPSA) is 104 Å². The van der Waals surface area contributed by atoms with Crippen molar-refractivity contribution >= 4 is 5.97 Å². The standard InChI is InChI=1S/C11H14N4O4/c1-5-17-10(16)11(4,8-12-6(2)18-14-8)9-13-7(3)19-15-9/h5H2,1-4H3. The lowest BCUT2D eigenvalue weighted by atomic mass is 9.89. The molecule has 2 aromatic rings. The Kier molecular flexibility index (Phi) is 3.32. The summed E-state index contributed by atoms with van der Waals surface area (Å²) in [6.07, 6.45) is 0. The molecule has 0 saturated heterocycles. The molecule has 102 valence electrons. The first-order valence-corrected chi connectivity index (χ1v) is 5.77. The number of rotatable bonds is 4. The van der Waals surface area contributed by atoms with Crippen LogP contribution in [0.5, 0.6) is 0 Å². The average molecular weight is 266 g/mol. The average Bonchev–Trinajstić information content (AvgIpc) is 2.98. The predicted molar refractivity (Wildman–Crippen MR) is 61.2 cm³/mol. The molecule has 0 aliphatic rings. The van der Waals surface area contributed by atoms with Crippen molar-refractivity contribution in [1.82, 2.24) is 20.3 Å². The number of aryl methyl sites for hydroxylation is 2. The molecule has 0 aliphatic carbocycles. The SMILES string of the molecule is CCOC(=O)C(C)(c1noc(C)n1)c1noc(C)n1. The minimum atomic E-state index is -1.36. The number of aromatic nitrogens is 4. The number of nitrogens with zero attached hydrogens (tertiary/aromatic N) is 4. The molecule has 0 spiro atoms. The zero-order chi connectivity index (χ0) is 14.0. The van der Waals surface area contributed by atoms with Gasteiger partial charge in [-0.15, -0.1) is 0 Å². The van der Waals surface area contributed by atoms with Gasteiger partial charge in [0.15, 0.2) is 17.1 Å². The second kappa shape index (κ2) is 4.79. The Balaban J connectivity index is 2.52. The number of carbonyl (C=O) groups excluding carboxylic acids is 1. The molecule has 0 atom stereocenters. The Hall–Kier alpha value is -2.25. The van der Waals surface area contributed by atoms with Gasteiger partial charge in [-0.25, -0.2) is 0 Å². The summed E-state index contributed by atoms with van der Waals surface area (Å²) >= 11 is 0. The Bertz CT molecular complexity index is 549. The highest BCUT2D eigenvalue weighted by molar-refractivity contribution is 5.84. The molecule has 8 nitrogen and oxygen atoms in total. The molecule has 0 unspecified atom stereocenters. The summed E-state index contributed by atoms with van der Waals surface area (Å²) in [7, 11) is 0. The van der Waals surface area contributed by atoms with Gasteiger partial charge in [-0.1, -0.05) is 10.3 Å². The van der Waals surface area contributed by atoms with Crippen LogP contribution >= 0.6 is 0 Å². The lowest BCUT2D eigenvalue weighted by molar-refractivity contribution is -0.148. The largest absolute Gasteiger partial charge is 0.465 e. The molecule has 0 radical (unpaired) electrons. The highest BCUT2D eigenvalue weighted by Gasteiger charge is 2.47. The molecule has 0 saturated carbocycles. The quantitative estimate of drug-likeness (QED) is 0.753. The lowest BCUT2D eigenvalue weighted by Gasteiger charge is -2.19. The first kappa shape index (κ1) is 13.2. The predicted octanol–water partition coefficient (Wildman–Crippen LogP) is 0.939. The molecule has 0 aliphatic heterocycles. The maximum absolute atomic E-state index is 12.2. The summed E-state index contributed by atoms with van der Waals surface area (Å²) in [4.78, 5) is 20.4. The van der Waals surface area contributed by atoms with Crippen LogP contribution in [0.2, 0.25) is 0 Å². The van der Waals surface area contributed by atoms with E-state index in [-0.39, 0.29) is 18.3 Å². The van der Waals surface area contributed by atoms with Crippen LogP contribution in [0.4, 0.5) is 0 Å². The minimum Gasteiger partial charge on any atom is -0.465 e. The lowest BCUT2D eigenvalue weighted by Crippen LogP contribution is -2.38. The smallest absolute Gasteiger partial charge is 0.327 e. The van der Waals surface area contributed by atoms with Crippen LogP contribution in [-0.2, 0) is 14.9 Å². The molecule has 2 heterocycles. The summed E-state index contributed by atoms with van der Waals surface area (Å²) in [5, 5.41) is 7.54. The van der Waals surface area contributed by atoms with E-state index in [1.807, 2.05) is 0 Å². The number of hydrogen-bond acceptors (Lipinski definition) is 8. The Morgan fingerprint density at radius 1 is 1.16 bits per heavy atom. The highest BCUT2D eigenvalue weighted by Crippen LogP contribution is 2.29. The third kappa shape index (κ3) is 2.20. The van der Waals surface area contributed by atoms with Crippen molar-refractivity contribution in [2.75, 3.05) is 6.61 Å². The van der Waals surface area contributed by atoms with Gasteiger partial charge in [-0.2, -0.15) is 9.97 Å². The molecule has 0 bridgehead atoms. The molecule has 0 fully saturated rings. The van der Waals surface area contributed by atoms with E-state index in [0.29, 0.717) is 11.8 Å². The number of hydrogen-bond donors (Lipinski definition) is 0. The maximum atomic E-state index is 12.2. The number of ether oxygens (including phenoxy) is 1. The van der Waals surface area contributed by atoms with E-state index in [4.69, 9.17) is 13.8 Å². The summed E-state index contributed by atoms with van der Waals surface area (Å²) in [5.41, 5.74) is -1.36. The zero-order valence-corrected chi connectivity index (χ0v) is 11.1. The monoisotopic (exact) mass is 266 g/mol. The van der Waals surface area contributed by atoms with Crippen LogP contribution in [0.25, 0.3) is 0 Å². The van der Waals surface area contributed by atoms with Crippen LogP contribution in [-0.4, -0.2) is 32.9 Å². The van der Waals surface area contributed by atoms with Crippen molar-refractivity contribution in [3.05, 3.63) is 23.4 Å². The van der Waals surface area contributed by atoms with Gasteiger partial charge in [0.25, 0.3) is 0 Å². The van der Waals surface area contributed by atoms with Crippen molar-refractivity contribution in [2.45, 2.75) is 33.1 Å². The van der Waals surface area contributed by atoms with Crippen LogP contribution in [0, 0.1) is 13.8 Å². The molecular weight excluding hydrogens is 252 g/mol. The molecule has 2 rings (SSSR count). The van der Waals surface area contributed by atoms with E-state index in [2.05, 4.69) is 20.3 Å². The second-order valence-corrected chi connectivity index (χ2v) is 4.12. The maximum Gasteiger partial charge on any atom is 0.327 e. The molecular formula is C11H14N4O4. The first-order chi connectivity index (χ1) is 8.98. The fourth-order valence-electron chi connectivity index (χ4n) is 1.56. The normalized spacial score (nSPS) is 11.6. The summed E-state index contributed by atoms with van der Waals surface area (Å²) < 4.78 is 14.9. The van der Waals surface area contributed by atoms with Crippen LogP contribution < -0.4 is 0 Å². The van der Waals surface area contributed by atoms with E-state index in [0.717, 1.165) is 0 Å². The van der Waals surface area contributed by atoms with Crippen LogP contribution in [0.3, 0.4) is 0 Å². The first-order valence-electron chi connectivity index (χ1n) is 5.77. The van der Waals surface area contributed by atoms with Gasteiger partial charge in [0.05, 0.1) is 6.61 Å². The van der Waals surface area contributed by atoms with Crippen molar-refractivity contribution < 1.29 is 18.6 Å². The van der Waals surface area contributed by atoms with E-state index in [9.17, 15) is 4.79 Å². The van der Waals surface area contributed by atoms with E-state index < -0.39 is 11.4 Å². The van der Waals surface area contributed by atoms with Gasteiger partial charge in [0.1, 0.15) is 0 Å². The number of carbonyl (C=O) groups is 1. The van der Waals surface area contributed by atoms with Crippen molar-refractivity contribution in [2.24, 2.45) is 0 Å². The van der Waals surface area contributed by atoms with Gasteiger partial charge < -0.3 is 13.8 Å². The van der Waals surface area contributed by atoms with Gasteiger partial charge in [-0.05, 0) is 13.8 Å². The molecule has 0 aromatic carbocycles. The van der Waals surface area contributed by atoms with Crippen LogP contribution in [0.1, 0.15) is 37.3 Å². The minimum absolute atomic E-state index is 0.143. The van der Waals surface area contributed by atoms with Crippen LogP contribution in [0.15, 0.2) is 9.05 Å². The van der Waals surface area contributed by atoms with Crippen molar-refractivity contribution in [3.8, 4) is 0 Å². The summed E-state index contributed by atoms with van der Waals surface area (Å²) in [5.74, 6) is 0.404. The summed E-state index contributed by atoms with van der Waals surface area (Å²) in [6, 6.07) is 0. The fraction of sp³-hybridized carbons (Fsp3) is 0.545. The van der Waals surface area contributed by atoms with Crippen molar-refractivity contribution in [1.29, 1.82) is 0 Å². The fourth-order valence-corrected chi connectivity index (χ4v) is 1.56. The Morgan fingerprint density at radius 3 is 1.95 bits per heavy atom. The van der Waals surface area contributed by atoms with E-state index >= 15 is 0 Å². The van der Waals surface area contributed by atoms with E-state index in [1.54, 1.807) is 27.7 Å². The zero-order valence-electron chi connectivity index (χ0n) is 11.1. The number of esters is 1. The van der Waals surface area contributed by atoms with Gasteiger partial charge in [0, 0.05) is 13.8 Å².